The van der Waals surface area contributed by atoms with Crippen molar-refractivity contribution in [1.29, 1.82) is 0 Å². The van der Waals surface area contributed by atoms with Crippen LogP contribution in [0.5, 0.6) is 11.5 Å². The Labute approximate surface area is 174 Å². The van der Waals surface area contributed by atoms with Crippen LogP contribution in [0.2, 0.25) is 0 Å². The maximum Gasteiger partial charge on any atom is 0.257 e. The lowest BCUT2D eigenvalue weighted by atomic mass is 9.98. The first-order valence-electron chi connectivity index (χ1n) is 10.4. The van der Waals surface area contributed by atoms with E-state index in [-0.39, 0.29) is 24.6 Å². The van der Waals surface area contributed by atoms with Crippen molar-refractivity contribution in [2.75, 3.05) is 26.4 Å². The molecule has 30 heavy (non-hydrogen) atoms. The van der Waals surface area contributed by atoms with Crippen molar-refractivity contribution >= 4 is 11.6 Å². The Bertz CT molecular complexity index is 987. The molecule has 2 aromatic carbocycles. The van der Waals surface area contributed by atoms with Gasteiger partial charge in [0.25, 0.3) is 5.91 Å². The van der Waals surface area contributed by atoms with Crippen molar-refractivity contribution in [3.05, 3.63) is 59.4 Å². The average Bonchev–Trinajstić information content (AvgIpc) is 3.41. The van der Waals surface area contributed by atoms with E-state index < -0.39 is 0 Å². The molecule has 6 nitrogen and oxygen atoms in total. The van der Waals surface area contributed by atoms with Gasteiger partial charge >= 0.3 is 0 Å². The first-order valence-corrected chi connectivity index (χ1v) is 10.4. The van der Waals surface area contributed by atoms with Gasteiger partial charge in [-0.25, -0.2) is 9.40 Å². The number of halogens is 1. The number of hydrogen-bond donors (Lipinski definition) is 0. The molecule has 0 aliphatic carbocycles. The van der Waals surface area contributed by atoms with Crippen molar-refractivity contribution < 1.29 is 18.7 Å². The molecule has 0 unspecified atom stereocenters. The summed E-state index contributed by atoms with van der Waals surface area (Å²) in [6.07, 6.45) is 3.98. The van der Waals surface area contributed by atoms with Crippen LogP contribution in [0.15, 0.2) is 47.6 Å². The van der Waals surface area contributed by atoms with Gasteiger partial charge < -0.3 is 9.47 Å². The second-order valence-corrected chi connectivity index (χ2v) is 7.96. The molecule has 3 aliphatic rings. The van der Waals surface area contributed by atoms with Gasteiger partial charge in [-0.15, -0.1) is 0 Å². The lowest BCUT2D eigenvalue weighted by molar-refractivity contribution is -0.134. The van der Waals surface area contributed by atoms with E-state index in [0.717, 1.165) is 31.5 Å². The smallest absolute Gasteiger partial charge is 0.257 e. The topological polar surface area (TPSA) is 54.4 Å². The lowest BCUT2D eigenvalue weighted by Crippen LogP contribution is -2.40. The summed E-state index contributed by atoms with van der Waals surface area (Å²) >= 11 is 0. The predicted molar refractivity (Wildman–Crippen MR) is 110 cm³/mol. The SMILES string of the molecule is O=C(CN1CCCCC1)N1N=C(c2cccc(F)c2)C[C@H]1c1ccc2c(c1)OCO2. The van der Waals surface area contributed by atoms with E-state index in [9.17, 15) is 9.18 Å². The van der Waals surface area contributed by atoms with Gasteiger partial charge in [0.1, 0.15) is 5.82 Å². The van der Waals surface area contributed by atoms with Crippen LogP contribution in [0.4, 0.5) is 4.39 Å². The van der Waals surface area contributed by atoms with E-state index in [1.54, 1.807) is 11.1 Å². The number of hydrazone groups is 1. The van der Waals surface area contributed by atoms with E-state index in [4.69, 9.17) is 9.47 Å². The zero-order valence-corrected chi connectivity index (χ0v) is 16.7. The molecule has 1 amide bonds. The Morgan fingerprint density at radius 3 is 2.73 bits per heavy atom. The molecule has 3 heterocycles. The monoisotopic (exact) mass is 409 g/mol. The second-order valence-electron chi connectivity index (χ2n) is 7.96. The number of likely N-dealkylation sites (tertiary alicyclic amines) is 1. The molecule has 0 saturated carbocycles. The summed E-state index contributed by atoms with van der Waals surface area (Å²) in [5.41, 5.74) is 2.35. The Morgan fingerprint density at radius 1 is 1.07 bits per heavy atom. The molecule has 0 N–H and O–H groups in total. The van der Waals surface area contributed by atoms with Crippen LogP contribution in [0.1, 0.15) is 42.9 Å². The van der Waals surface area contributed by atoms with Crippen LogP contribution in [-0.4, -0.2) is 48.0 Å². The fourth-order valence-corrected chi connectivity index (χ4v) is 4.34. The molecule has 0 spiro atoms. The summed E-state index contributed by atoms with van der Waals surface area (Å²) in [4.78, 5) is 15.4. The summed E-state index contributed by atoms with van der Waals surface area (Å²) in [7, 11) is 0. The minimum Gasteiger partial charge on any atom is -0.454 e. The summed E-state index contributed by atoms with van der Waals surface area (Å²) in [5, 5.41) is 6.23. The number of fused-ring (bicyclic) bond motifs is 1. The molecule has 156 valence electrons. The van der Waals surface area contributed by atoms with E-state index in [0.29, 0.717) is 35.7 Å². The normalized spacial score (nSPS) is 21.0. The third-order valence-corrected chi connectivity index (χ3v) is 5.91. The summed E-state index contributed by atoms with van der Waals surface area (Å²) in [5.74, 6) is 1.03. The number of amides is 1. The van der Waals surface area contributed by atoms with Crippen LogP contribution >= 0.6 is 0 Å². The zero-order valence-electron chi connectivity index (χ0n) is 16.7. The highest BCUT2D eigenvalue weighted by Gasteiger charge is 2.34. The number of benzene rings is 2. The molecule has 1 atom stereocenters. The Balaban J connectivity index is 1.44. The van der Waals surface area contributed by atoms with Crippen LogP contribution in [0.25, 0.3) is 0 Å². The first kappa shape index (κ1) is 19.1. The highest BCUT2D eigenvalue weighted by Crippen LogP contribution is 2.39. The van der Waals surface area contributed by atoms with Gasteiger partial charge in [0.15, 0.2) is 11.5 Å². The van der Waals surface area contributed by atoms with Crippen molar-refractivity contribution in [3.8, 4) is 11.5 Å². The predicted octanol–water partition coefficient (Wildman–Crippen LogP) is 3.72. The van der Waals surface area contributed by atoms with Gasteiger partial charge in [0.05, 0.1) is 18.3 Å². The van der Waals surface area contributed by atoms with Gasteiger partial charge in [0, 0.05) is 12.0 Å². The molecule has 3 aliphatic heterocycles. The molecule has 7 heteroatoms. The van der Waals surface area contributed by atoms with E-state index >= 15 is 0 Å². The van der Waals surface area contributed by atoms with Crippen molar-refractivity contribution in [3.63, 3.8) is 0 Å². The average molecular weight is 409 g/mol. The molecular weight excluding hydrogens is 385 g/mol. The first-order chi connectivity index (χ1) is 14.7. The molecular formula is C23H24FN3O3. The van der Waals surface area contributed by atoms with E-state index in [1.165, 1.54) is 18.6 Å². The van der Waals surface area contributed by atoms with Crippen LogP contribution in [-0.2, 0) is 4.79 Å². The third-order valence-electron chi connectivity index (χ3n) is 5.91. The zero-order chi connectivity index (χ0) is 20.5. The molecule has 2 aromatic rings. The molecule has 5 rings (SSSR count). The number of ether oxygens (including phenoxy) is 2. The van der Waals surface area contributed by atoms with Crippen LogP contribution in [0.3, 0.4) is 0 Å². The molecule has 0 aromatic heterocycles. The number of hydrogen-bond acceptors (Lipinski definition) is 5. The van der Waals surface area contributed by atoms with Gasteiger partial charge in [-0.2, -0.15) is 5.10 Å². The third kappa shape index (κ3) is 3.77. The quantitative estimate of drug-likeness (QED) is 0.772. The van der Waals surface area contributed by atoms with Crippen LogP contribution < -0.4 is 9.47 Å². The van der Waals surface area contributed by atoms with Crippen molar-refractivity contribution in [1.82, 2.24) is 9.91 Å². The fourth-order valence-electron chi connectivity index (χ4n) is 4.34. The highest BCUT2D eigenvalue weighted by molar-refractivity contribution is 6.03. The summed E-state index contributed by atoms with van der Waals surface area (Å²) < 4.78 is 24.7. The standard InChI is InChI=1S/C23H24FN3O3/c24-18-6-4-5-16(11-18)19-13-20(17-7-8-21-22(12-17)30-15-29-21)27(25-19)23(28)14-26-9-2-1-3-10-26/h4-8,11-12,20H,1-3,9-10,13-15H2/t20-/m0/s1. The maximum atomic E-state index is 13.8. The van der Waals surface area contributed by atoms with E-state index in [2.05, 4.69) is 10.0 Å². The highest BCUT2D eigenvalue weighted by atomic mass is 19.1. The largest absolute Gasteiger partial charge is 0.454 e. The molecule has 0 radical (unpaired) electrons. The molecule has 1 saturated heterocycles. The lowest BCUT2D eigenvalue weighted by Gasteiger charge is -2.29. The van der Waals surface area contributed by atoms with Crippen molar-refractivity contribution in [2.45, 2.75) is 31.7 Å². The van der Waals surface area contributed by atoms with Gasteiger partial charge in [0.2, 0.25) is 6.79 Å². The van der Waals surface area contributed by atoms with Gasteiger partial charge in [-0.1, -0.05) is 24.6 Å². The van der Waals surface area contributed by atoms with Crippen LogP contribution in [0, 0.1) is 5.82 Å². The van der Waals surface area contributed by atoms with Gasteiger partial charge in [-0.3, -0.25) is 9.69 Å². The summed E-state index contributed by atoms with van der Waals surface area (Å²) in [6, 6.07) is 11.8. The number of rotatable bonds is 4. The summed E-state index contributed by atoms with van der Waals surface area (Å²) in [6.45, 7) is 2.43. The maximum absolute atomic E-state index is 13.8. The second kappa shape index (κ2) is 8.07. The Hall–Kier alpha value is -2.93. The Morgan fingerprint density at radius 2 is 1.90 bits per heavy atom. The van der Waals surface area contributed by atoms with Crippen molar-refractivity contribution in [2.24, 2.45) is 5.10 Å². The van der Waals surface area contributed by atoms with Gasteiger partial charge in [-0.05, 0) is 55.8 Å². The fraction of sp³-hybridized carbons (Fsp3) is 0.391. The minimum absolute atomic E-state index is 0.0361. The number of carbonyl (C=O) groups excluding carboxylic acids is 1. The Kier molecular flexibility index (Phi) is 5.12. The number of carbonyl (C=O) groups is 1. The molecule has 1 fully saturated rings. The number of nitrogens with zero attached hydrogens (tertiary/aromatic N) is 3. The molecule has 0 bridgehead atoms. The number of piperidine rings is 1. The van der Waals surface area contributed by atoms with E-state index in [1.807, 2.05) is 24.3 Å². The minimum atomic E-state index is -0.312.